The maximum absolute atomic E-state index is 9.31. The first-order valence-electron chi connectivity index (χ1n) is 5.71. The molecule has 0 amide bonds. The number of aromatic nitrogens is 1. The van der Waals surface area contributed by atoms with Gasteiger partial charge in [-0.3, -0.25) is 0 Å². The highest BCUT2D eigenvalue weighted by molar-refractivity contribution is 9.10. The number of benzene rings is 1. The van der Waals surface area contributed by atoms with Crippen molar-refractivity contribution in [2.75, 3.05) is 24.3 Å². The number of nitriles is 1. The van der Waals surface area contributed by atoms with Crippen molar-refractivity contribution in [1.82, 2.24) is 4.98 Å². The molecule has 1 aromatic carbocycles. The summed E-state index contributed by atoms with van der Waals surface area (Å²) in [7, 11) is 3.80. The molecule has 1 heterocycles. The molecular formula is C14H13BrN4. The van der Waals surface area contributed by atoms with Gasteiger partial charge in [-0.05, 0) is 24.3 Å². The van der Waals surface area contributed by atoms with Crippen molar-refractivity contribution in [3.05, 3.63) is 46.6 Å². The Morgan fingerprint density at radius 3 is 2.74 bits per heavy atom. The SMILES string of the molecule is CN(C)c1ccnc(Nc2cccc(Br)c2)c1C#N. The van der Waals surface area contributed by atoms with Gasteiger partial charge in [0, 0.05) is 30.5 Å². The van der Waals surface area contributed by atoms with Crippen LogP contribution in [-0.2, 0) is 0 Å². The average Bonchev–Trinajstić information content (AvgIpc) is 2.38. The van der Waals surface area contributed by atoms with E-state index < -0.39 is 0 Å². The van der Waals surface area contributed by atoms with E-state index in [0.717, 1.165) is 15.8 Å². The highest BCUT2D eigenvalue weighted by Gasteiger charge is 2.11. The second-order valence-electron chi connectivity index (χ2n) is 4.20. The summed E-state index contributed by atoms with van der Waals surface area (Å²) < 4.78 is 0.972. The highest BCUT2D eigenvalue weighted by atomic mass is 79.9. The van der Waals surface area contributed by atoms with Crippen molar-refractivity contribution in [1.29, 1.82) is 5.26 Å². The molecule has 0 saturated heterocycles. The van der Waals surface area contributed by atoms with Crippen LogP contribution in [0.25, 0.3) is 0 Å². The number of pyridine rings is 1. The minimum absolute atomic E-state index is 0.535. The molecule has 0 radical (unpaired) electrons. The Bertz CT molecular complexity index is 632. The molecule has 0 aliphatic heterocycles. The Labute approximate surface area is 120 Å². The summed E-state index contributed by atoms with van der Waals surface area (Å²) >= 11 is 3.42. The van der Waals surface area contributed by atoms with Gasteiger partial charge in [0.2, 0.25) is 0 Å². The first-order valence-corrected chi connectivity index (χ1v) is 6.50. The van der Waals surface area contributed by atoms with Crippen LogP contribution in [0.2, 0.25) is 0 Å². The largest absolute Gasteiger partial charge is 0.376 e. The van der Waals surface area contributed by atoms with E-state index in [9.17, 15) is 5.26 Å². The number of rotatable bonds is 3. The Balaban J connectivity index is 2.41. The molecule has 0 unspecified atom stereocenters. The van der Waals surface area contributed by atoms with E-state index in [0.29, 0.717) is 11.4 Å². The van der Waals surface area contributed by atoms with Gasteiger partial charge in [-0.25, -0.2) is 4.98 Å². The monoisotopic (exact) mass is 316 g/mol. The fraction of sp³-hybridized carbons (Fsp3) is 0.143. The molecule has 0 atom stereocenters. The zero-order valence-electron chi connectivity index (χ0n) is 10.7. The van der Waals surface area contributed by atoms with Crippen molar-refractivity contribution in [2.24, 2.45) is 0 Å². The van der Waals surface area contributed by atoms with Gasteiger partial charge in [0.15, 0.2) is 0 Å². The Morgan fingerprint density at radius 2 is 2.11 bits per heavy atom. The maximum Gasteiger partial charge on any atom is 0.150 e. The van der Waals surface area contributed by atoms with Crippen LogP contribution < -0.4 is 10.2 Å². The maximum atomic E-state index is 9.31. The van der Waals surface area contributed by atoms with Gasteiger partial charge in [-0.15, -0.1) is 0 Å². The third-order valence-electron chi connectivity index (χ3n) is 2.61. The number of nitrogens with one attached hydrogen (secondary N) is 1. The predicted octanol–water partition coefficient (Wildman–Crippen LogP) is 3.53. The normalized spacial score (nSPS) is 9.79. The third-order valence-corrected chi connectivity index (χ3v) is 3.10. The van der Waals surface area contributed by atoms with E-state index in [4.69, 9.17) is 0 Å². The molecule has 0 spiro atoms. The lowest BCUT2D eigenvalue weighted by molar-refractivity contribution is 1.11. The van der Waals surface area contributed by atoms with E-state index in [-0.39, 0.29) is 0 Å². The summed E-state index contributed by atoms with van der Waals surface area (Å²) in [5, 5.41) is 12.5. The lowest BCUT2D eigenvalue weighted by Gasteiger charge is -2.16. The Morgan fingerprint density at radius 1 is 1.32 bits per heavy atom. The van der Waals surface area contributed by atoms with Crippen molar-refractivity contribution in [3.8, 4) is 6.07 Å². The van der Waals surface area contributed by atoms with E-state index >= 15 is 0 Å². The standard InChI is InChI=1S/C14H13BrN4/c1-19(2)13-6-7-17-14(12(13)9-16)18-11-5-3-4-10(15)8-11/h3-8H,1-2H3,(H,17,18). The Hall–Kier alpha value is -2.06. The van der Waals surface area contributed by atoms with Crippen molar-refractivity contribution in [2.45, 2.75) is 0 Å². The fourth-order valence-corrected chi connectivity index (χ4v) is 2.13. The van der Waals surface area contributed by atoms with Crippen LogP contribution in [0.3, 0.4) is 0 Å². The lowest BCUT2D eigenvalue weighted by Crippen LogP contribution is -2.12. The molecule has 2 aromatic rings. The van der Waals surface area contributed by atoms with Crippen LogP contribution >= 0.6 is 15.9 Å². The Kier molecular flexibility index (Phi) is 4.03. The number of nitrogens with zero attached hydrogens (tertiary/aromatic N) is 3. The number of hydrogen-bond donors (Lipinski definition) is 1. The summed E-state index contributed by atoms with van der Waals surface area (Å²) in [5.41, 5.74) is 2.26. The van der Waals surface area contributed by atoms with Gasteiger partial charge >= 0.3 is 0 Å². The molecule has 0 aliphatic rings. The van der Waals surface area contributed by atoms with E-state index in [1.807, 2.05) is 49.3 Å². The molecule has 0 saturated carbocycles. The summed E-state index contributed by atoms with van der Waals surface area (Å²) in [6.45, 7) is 0. The molecule has 0 bridgehead atoms. The zero-order chi connectivity index (χ0) is 13.8. The molecule has 19 heavy (non-hydrogen) atoms. The second kappa shape index (κ2) is 5.72. The van der Waals surface area contributed by atoms with Gasteiger partial charge in [0.05, 0.1) is 5.69 Å². The van der Waals surface area contributed by atoms with Crippen molar-refractivity contribution >= 4 is 33.1 Å². The predicted molar refractivity (Wildman–Crippen MR) is 80.7 cm³/mol. The van der Waals surface area contributed by atoms with Gasteiger partial charge in [-0.1, -0.05) is 22.0 Å². The van der Waals surface area contributed by atoms with E-state index in [2.05, 4.69) is 32.3 Å². The molecule has 4 nitrogen and oxygen atoms in total. The minimum Gasteiger partial charge on any atom is -0.376 e. The average molecular weight is 317 g/mol. The fourth-order valence-electron chi connectivity index (χ4n) is 1.73. The third kappa shape index (κ3) is 3.04. The van der Waals surface area contributed by atoms with Crippen molar-refractivity contribution < 1.29 is 0 Å². The molecule has 1 N–H and O–H groups in total. The second-order valence-corrected chi connectivity index (χ2v) is 5.11. The van der Waals surface area contributed by atoms with Gasteiger partial charge < -0.3 is 10.2 Å². The van der Waals surface area contributed by atoms with Gasteiger partial charge in [0.25, 0.3) is 0 Å². The first kappa shape index (κ1) is 13.4. The molecule has 96 valence electrons. The quantitative estimate of drug-likeness (QED) is 0.941. The molecule has 1 aromatic heterocycles. The molecular weight excluding hydrogens is 304 g/mol. The summed E-state index contributed by atoms with van der Waals surface area (Å²) in [6, 6.07) is 11.8. The summed E-state index contributed by atoms with van der Waals surface area (Å²) in [5.74, 6) is 0.562. The van der Waals surface area contributed by atoms with Gasteiger partial charge in [-0.2, -0.15) is 5.26 Å². The van der Waals surface area contributed by atoms with Crippen LogP contribution in [0.15, 0.2) is 41.0 Å². The number of halogens is 1. The molecule has 0 aliphatic carbocycles. The smallest absolute Gasteiger partial charge is 0.150 e. The topological polar surface area (TPSA) is 52.0 Å². The highest BCUT2D eigenvalue weighted by Crippen LogP contribution is 2.26. The van der Waals surface area contributed by atoms with Crippen LogP contribution in [0.5, 0.6) is 0 Å². The summed E-state index contributed by atoms with van der Waals surface area (Å²) in [4.78, 5) is 6.14. The first-order chi connectivity index (χ1) is 9.11. The van der Waals surface area contributed by atoms with Crippen LogP contribution in [0, 0.1) is 11.3 Å². The van der Waals surface area contributed by atoms with Crippen LogP contribution in [-0.4, -0.2) is 19.1 Å². The van der Waals surface area contributed by atoms with E-state index in [1.165, 1.54) is 0 Å². The lowest BCUT2D eigenvalue weighted by atomic mass is 10.2. The molecule has 2 rings (SSSR count). The molecule has 0 fully saturated rings. The van der Waals surface area contributed by atoms with Gasteiger partial charge in [0.1, 0.15) is 17.5 Å². The van der Waals surface area contributed by atoms with Crippen LogP contribution in [0.4, 0.5) is 17.2 Å². The number of hydrogen-bond acceptors (Lipinski definition) is 4. The van der Waals surface area contributed by atoms with Crippen molar-refractivity contribution in [3.63, 3.8) is 0 Å². The minimum atomic E-state index is 0.535. The van der Waals surface area contributed by atoms with E-state index in [1.54, 1.807) is 6.20 Å². The number of anilines is 3. The molecule has 5 heteroatoms. The van der Waals surface area contributed by atoms with Crippen LogP contribution in [0.1, 0.15) is 5.56 Å². The summed E-state index contributed by atoms with van der Waals surface area (Å²) in [6.07, 6.45) is 1.69. The zero-order valence-corrected chi connectivity index (χ0v) is 12.3.